The van der Waals surface area contributed by atoms with E-state index >= 15 is 0 Å². The van der Waals surface area contributed by atoms with Crippen LogP contribution in [0.25, 0.3) is 0 Å². The number of hydrogen-bond donors (Lipinski definition) is 1. The second kappa shape index (κ2) is 6.98. The molecule has 0 amide bonds. The van der Waals surface area contributed by atoms with Gasteiger partial charge in [-0.05, 0) is 55.2 Å². The molecule has 1 aromatic carbocycles. The van der Waals surface area contributed by atoms with Crippen LogP contribution in [0.3, 0.4) is 0 Å². The minimum absolute atomic E-state index is 0.158. The largest absolute Gasteiger partial charge is 0.458 e. The number of hydrogen-bond acceptors (Lipinski definition) is 5. The third-order valence-electron chi connectivity index (χ3n) is 4.10. The molecule has 23 heavy (non-hydrogen) atoms. The van der Waals surface area contributed by atoms with Gasteiger partial charge in [-0.3, -0.25) is 0 Å². The molecular formula is C16H20N2O3S2. The molecule has 1 saturated heterocycles. The average Bonchev–Trinajstić information content (AvgIpc) is 3.06. The molecular weight excluding hydrogens is 332 g/mol. The monoisotopic (exact) mass is 352 g/mol. The van der Waals surface area contributed by atoms with Gasteiger partial charge in [-0.25, -0.2) is 13.6 Å². The highest BCUT2D eigenvalue weighted by Gasteiger charge is 2.20. The zero-order valence-electron chi connectivity index (χ0n) is 12.7. The van der Waals surface area contributed by atoms with Gasteiger partial charge in [0.2, 0.25) is 10.0 Å². The van der Waals surface area contributed by atoms with Crippen molar-refractivity contribution in [1.29, 1.82) is 0 Å². The molecule has 2 heterocycles. The molecule has 0 aliphatic carbocycles. The number of sulfonamides is 1. The molecule has 0 saturated carbocycles. The Balaban J connectivity index is 1.52. The number of anilines is 1. The summed E-state index contributed by atoms with van der Waals surface area (Å²) in [5, 5.41) is 6.10. The molecule has 1 aliphatic heterocycles. The highest BCUT2D eigenvalue weighted by atomic mass is 32.2. The first-order chi connectivity index (χ1) is 11.0. The summed E-state index contributed by atoms with van der Waals surface area (Å²) in [6.45, 7) is 1.97. The fourth-order valence-electron chi connectivity index (χ4n) is 2.75. The summed E-state index contributed by atoms with van der Waals surface area (Å²) in [4.78, 5) is 2.45. The zero-order valence-corrected chi connectivity index (χ0v) is 14.4. The number of furan rings is 1. The van der Waals surface area contributed by atoms with Crippen molar-refractivity contribution in [2.45, 2.75) is 22.8 Å². The van der Waals surface area contributed by atoms with E-state index in [2.05, 4.69) is 4.90 Å². The van der Waals surface area contributed by atoms with Gasteiger partial charge in [0.05, 0.1) is 11.2 Å². The van der Waals surface area contributed by atoms with Crippen LogP contribution in [0.2, 0.25) is 0 Å². The minimum atomic E-state index is -3.62. The van der Waals surface area contributed by atoms with Crippen molar-refractivity contribution in [3.8, 4) is 0 Å². The fraction of sp³-hybridized carbons (Fsp3) is 0.375. The molecule has 2 N–H and O–H groups in total. The first-order valence-electron chi connectivity index (χ1n) is 7.56. The molecule has 3 rings (SSSR count). The summed E-state index contributed by atoms with van der Waals surface area (Å²) in [6, 6.07) is 10.7. The van der Waals surface area contributed by atoms with Crippen LogP contribution in [-0.2, 0) is 10.0 Å². The Kier molecular flexibility index (Phi) is 4.99. The molecule has 1 aliphatic rings. The predicted octanol–water partition coefficient (Wildman–Crippen LogP) is 2.94. The third-order valence-corrected chi connectivity index (χ3v) is 6.19. The Hall–Kier alpha value is -1.44. The van der Waals surface area contributed by atoms with Crippen LogP contribution >= 0.6 is 11.8 Å². The minimum Gasteiger partial charge on any atom is -0.458 e. The highest BCUT2D eigenvalue weighted by Crippen LogP contribution is 2.29. The lowest BCUT2D eigenvalue weighted by Crippen LogP contribution is -2.34. The second-order valence-electron chi connectivity index (χ2n) is 5.71. The Bertz CT molecular complexity index is 719. The summed E-state index contributed by atoms with van der Waals surface area (Å²) >= 11 is 1.77. The van der Waals surface area contributed by atoms with Gasteiger partial charge in [0.25, 0.3) is 0 Å². The Morgan fingerprint density at radius 1 is 1.17 bits per heavy atom. The van der Waals surface area contributed by atoms with Crippen LogP contribution in [-0.4, -0.2) is 27.3 Å². The SMILES string of the molecule is NS(=O)(=O)c1ccc(N2CCC(CSc3ccco3)CC2)cc1. The topological polar surface area (TPSA) is 76.5 Å². The molecule has 124 valence electrons. The first kappa shape index (κ1) is 16.4. The summed E-state index contributed by atoms with van der Waals surface area (Å²) in [7, 11) is -3.62. The highest BCUT2D eigenvalue weighted by molar-refractivity contribution is 7.99. The van der Waals surface area contributed by atoms with Gasteiger partial charge >= 0.3 is 0 Å². The summed E-state index contributed by atoms with van der Waals surface area (Å²) in [6.07, 6.45) is 3.96. The number of primary sulfonamides is 1. The molecule has 1 fully saturated rings. The third kappa shape index (κ3) is 4.31. The lowest BCUT2D eigenvalue weighted by atomic mass is 9.98. The number of piperidine rings is 1. The number of nitrogens with zero attached hydrogens (tertiary/aromatic N) is 1. The number of thioether (sulfide) groups is 1. The van der Waals surface area contributed by atoms with Crippen molar-refractivity contribution in [2.75, 3.05) is 23.7 Å². The van der Waals surface area contributed by atoms with Crippen LogP contribution in [0.4, 0.5) is 5.69 Å². The van der Waals surface area contributed by atoms with Gasteiger partial charge < -0.3 is 9.32 Å². The van der Waals surface area contributed by atoms with E-state index in [0.717, 1.165) is 42.5 Å². The van der Waals surface area contributed by atoms with Crippen LogP contribution < -0.4 is 10.0 Å². The Morgan fingerprint density at radius 2 is 1.87 bits per heavy atom. The van der Waals surface area contributed by atoms with Crippen molar-refractivity contribution in [3.63, 3.8) is 0 Å². The number of rotatable bonds is 5. The molecule has 7 heteroatoms. The Labute approximate surface area is 140 Å². The van der Waals surface area contributed by atoms with Crippen molar-refractivity contribution in [3.05, 3.63) is 42.7 Å². The molecule has 0 spiro atoms. The maximum atomic E-state index is 11.3. The van der Waals surface area contributed by atoms with E-state index in [0.29, 0.717) is 5.92 Å². The van der Waals surface area contributed by atoms with E-state index in [4.69, 9.17) is 9.56 Å². The van der Waals surface area contributed by atoms with Gasteiger partial charge in [-0.1, -0.05) is 11.8 Å². The maximum absolute atomic E-state index is 11.3. The van der Waals surface area contributed by atoms with E-state index in [1.807, 2.05) is 24.3 Å². The molecule has 0 bridgehead atoms. The fourth-order valence-corrected chi connectivity index (χ4v) is 4.30. The van der Waals surface area contributed by atoms with Crippen LogP contribution in [0.5, 0.6) is 0 Å². The second-order valence-corrected chi connectivity index (χ2v) is 8.30. The van der Waals surface area contributed by atoms with E-state index in [1.165, 1.54) is 0 Å². The van der Waals surface area contributed by atoms with Crippen molar-refractivity contribution < 1.29 is 12.8 Å². The predicted molar refractivity (Wildman–Crippen MR) is 92.2 cm³/mol. The molecule has 1 aromatic heterocycles. The van der Waals surface area contributed by atoms with Crippen LogP contribution in [0.15, 0.2) is 57.1 Å². The van der Waals surface area contributed by atoms with Crippen molar-refractivity contribution >= 4 is 27.5 Å². The number of benzene rings is 1. The molecule has 0 radical (unpaired) electrons. The van der Waals surface area contributed by atoms with Crippen LogP contribution in [0.1, 0.15) is 12.8 Å². The van der Waals surface area contributed by atoms with E-state index in [-0.39, 0.29) is 4.90 Å². The van der Waals surface area contributed by atoms with E-state index in [1.54, 1.807) is 30.2 Å². The average molecular weight is 352 g/mol. The van der Waals surface area contributed by atoms with Gasteiger partial charge in [-0.15, -0.1) is 0 Å². The molecule has 0 unspecified atom stereocenters. The number of nitrogens with two attached hydrogens (primary N) is 1. The quantitative estimate of drug-likeness (QED) is 0.837. The maximum Gasteiger partial charge on any atom is 0.238 e. The Morgan fingerprint density at radius 3 is 2.43 bits per heavy atom. The summed E-state index contributed by atoms with van der Waals surface area (Å²) in [5.74, 6) is 1.76. The van der Waals surface area contributed by atoms with Crippen molar-refractivity contribution in [1.82, 2.24) is 0 Å². The smallest absolute Gasteiger partial charge is 0.238 e. The van der Waals surface area contributed by atoms with Crippen LogP contribution in [0, 0.1) is 5.92 Å². The summed E-state index contributed by atoms with van der Waals surface area (Å²) < 4.78 is 27.9. The molecule has 0 atom stereocenters. The van der Waals surface area contributed by atoms with E-state index in [9.17, 15) is 8.42 Å². The van der Waals surface area contributed by atoms with Crippen molar-refractivity contribution in [2.24, 2.45) is 11.1 Å². The zero-order chi connectivity index (χ0) is 16.3. The lowest BCUT2D eigenvalue weighted by molar-refractivity contribution is 0.440. The van der Waals surface area contributed by atoms with Gasteiger partial charge in [-0.2, -0.15) is 0 Å². The molecule has 5 nitrogen and oxygen atoms in total. The normalized spacial score (nSPS) is 16.7. The standard InChI is InChI=1S/C16H20N2O3S2/c17-23(19,20)15-5-3-14(4-6-15)18-9-7-13(8-10-18)12-22-16-2-1-11-21-16/h1-6,11,13H,7-10,12H2,(H2,17,19,20). The van der Waals surface area contributed by atoms with E-state index < -0.39 is 10.0 Å². The lowest BCUT2D eigenvalue weighted by Gasteiger charge is -2.33. The summed E-state index contributed by atoms with van der Waals surface area (Å²) in [5.41, 5.74) is 1.05. The first-order valence-corrected chi connectivity index (χ1v) is 10.1. The van der Waals surface area contributed by atoms with Gasteiger partial charge in [0.15, 0.2) is 5.09 Å². The van der Waals surface area contributed by atoms with Gasteiger partial charge in [0.1, 0.15) is 0 Å². The molecule has 2 aromatic rings. The van der Waals surface area contributed by atoms with Gasteiger partial charge in [0, 0.05) is 24.5 Å².